The maximum absolute atomic E-state index is 11.7. The first-order valence-electron chi connectivity index (χ1n) is 5.52. The Balaban J connectivity index is 2.18. The fraction of sp³-hybridized carbons (Fsp3) is 0.545. The summed E-state index contributed by atoms with van der Waals surface area (Å²) >= 11 is 0. The molecule has 1 aliphatic rings. The van der Waals surface area contributed by atoms with Crippen molar-refractivity contribution in [1.82, 2.24) is 14.9 Å². The van der Waals surface area contributed by atoms with E-state index in [1.165, 1.54) is 17.7 Å². The predicted octanol–water partition coefficient (Wildman–Crippen LogP) is -0.161. The highest BCUT2D eigenvalue weighted by molar-refractivity contribution is 5.76. The third-order valence-corrected chi connectivity index (χ3v) is 2.53. The molecule has 0 aromatic carbocycles. The summed E-state index contributed by atoms with van der Waals surface area (Å²) in [5.41, 5.74) is 0.297. The fourth-order valence-corrected chi connectivity index (χ4v) is 1.54. The summed E-state index contributed by atoms with van der Waals surface area (Å²) in [6, 6.07) is 1.83. The van der Waals surface area contributed by atoms with Gasteiger partial charge in [-0.05, 0) is 19.8 Å². The van der Waals surface area contributed by atoms with Gasteiger partial charge in [0.05, 0.1) is 7.11 Å². The van der Waals surface area contributed by atoms with Gasteiger partial charge in [0.25, 0.3) is 11.6 Å². The van der Waals surface area contributed by atoms with E-state index in [1.54, 1.807) is 6.92 Å². The molecule has 0 radical (unpaired) electrons. The second kappa shape index (κ2) is 4.57. The molecular weight excluding hydrogens is 222 g/mol. The summed E-state index contributed by atoms with van der Waals surface area (Å²) in [7, 11) is 1.43. The van der Waals surface area contributed by atoms with Crippen LogP contribution in [-0.2, 0) is 11.3 Å². The van der Waals surface area contributed by atoms with Crippen molar-refractivity contribution in [2.24, 2.45) is 0 Å². The number of aryl methyl sites for hydroxylation is 1. The van der Waals surface area contributed by atoms with E-state index in [-0.39, 0.29) is 30.1 Å². The molecule has 1 saturated carbocycles. The zero-order valence-electron chi connectivity index (χ0n) is 9.90. The predicted molar refractivity (Wildman–Crippen MR) is 61.0 cm³/mol. The molecule has 0 aliphatic heterocycles. The minimum Gasteiger partial charge on any atom is -0.468 e. The van der Waals surface area contributed by atoms with Gasteiger partial charge in [0, 0.05) is 17.8 Å². The van der Waals surface area contributed by atoms with Crippen molar-refractivity contribution in [3.8, 4) is 6.01 Å². The van der Waals surface area contributed by atoms with Gasteiger partial charge in [0.1, 0.15) is 6.54 Å². The smallest absolute Gasteiger partial charge is 0.299 e. The molecule has 92 valence electrons. The number of amides is 1. The number of ether oxygens (including phenoxy) is 1. The first-order chi connectivity index (χ1) is 8.10. The van der Waals surface area contributed by atoms with Crippen molar-refractivity contribution in [3.05, 3.63) is 22.1 Å². The number of hydrogen-bond donors (Lipinski definition) is 1. The van der Waals surface area contributed by atoms with Crippen LogP contribution in [0.5, 0.6) is 6.01 Å². The molecule has 0 atom stereocenters. The molecule has 17 heavy (non-hydrogen) atoms. The summed E-state index contributed by atoms with van der Waals surface area (Å²) in [4.78, 5) is 27.4. The van der Waals surface area contributed by atoms with Gasteiger partial charge < -0.3 is 10.1 Å². The number of hydrogen-bond acceptors (Lipinski definition) is 4. The first-order valence-corrected chi connectivity index (χ1v) is 5.52. The number of carbonyl (C=O) groups excluding carboxylic acids is 1. The van der Waals surface area contributed by atoms with E-state index < -0.39 is 0 Å². The fourth-order valence-electron chi connectivity index (χ4n) is 1.54. The lowest BCUT2D eigenvalue weighted by Gasteiger charge is -2.10. The molecule has 1 heterocycles. The molecular formula is C11H15N3O3. The van der Waals surface area contributed by atoms with Crippen LogP contribution in [0.3, 0.4) is 0 Å². The molecule has 1 fully saturated rings. The summed E-state index contributed by atoms with van der Waals surface area (Å²) in [6.07, 6.45) is 2.04. The Morgan fingerprint density at radius 3 is 2.94 bits per heavy atom. The Morgan fingerprint density at radius 1 is 1.65 bits per heavy atom. The molecule has 1 N–H and O–H groups in total. The standard InChI is InChI=1S/C11H15N3O3/c1-7-5-10(16)14(11(12-7)17-2)6-9(15)13-8-3-4-8/h5,8H,3-4,6H2,1-2H3,(H,13,15). The first kappa shape index (κ1) is 11.6. The molecule has 1 aliphatic carbocycles. The number of aromatic nitrogens is 2. The summed E-state index contributed by atoms with van der Waals surface area (Å²) in [6.45, 7) is 1.66. The van der Waals surface area contributed by atoms with Crippen molar-refractivity contribution in [2.75, 3.05) is 7.11 Å². The van der Waals surface area contributed by atoms with Crippen molar-refractivity contribution < 1.29 is 9.53 Å². The van der Waals surface area contributed by atoms with Crippen LogP contribution in [0.1, 0.15) is 18.5 Å². The van der Waals surface area contributed by atoms with Crippen molar-refractivity contribution in [3.63, 3.8) is 0 Å². The van der Waals surface area contributed by atoms with E-state index in [0.717, 1.165) is 12.8 Å². The Labute approximate surface area is 98.6 Å². The molecule has 6 heteroatoms. The highest BCUT2D eigenvalue weighted by Gasteiger charge is 2.23. The number of methoxy groups -OCH3 is 1. The maximum atomic E-state index is 11.7. The van der Waals surface area contributed by atoms with Gasteiger partial charge in [-0.3, -0.25) is 14.2 Å². The third kappa shape index (κ3) is 2.83. The van der Waals surface area contributed by atoms with Gasteiger partial charge in [0.15, 0.2) is 0 Å². The van der Waals surface area contributed by atoms with E-state index in [2.05, 4.69) is 10.3 Å². The zero-order chi connectivity index (χ0) is 12.4. The van der Waals surface area contributed by atoms with Crippen molar-refractivity contribution in [2.45, 2.75) is 32.4 Å². The van der Waals surface area contributed by atoms with Gasteiger partial charge in [-0.15, -0.1) is 0 Å². The van der Waals surface area contributed by atoms with Crippen LogP contribution in [0, 0.1) is 6.92 Å². The third-order valence-electron chi connectivity index (χ3n) is 2.53. The molecule has 0 unspecified atom stereocenters. The van der Waals surface area contributed by atoms with Gasteiger partial charge in [-0.25, -0.2) is 4.98 Å². The van der Waals surface area contributed by atoms with Crippen LogP contribution in [-0.4, -0.2) is 28.6 Å². The lowest BCUT2D eigenvalue weighted by molar-refractivity contribution is -0.121. The van der Waals surface area contributed by atoms with E-state index in [9.17, 15) is 9.59 Å². The average Bonchev–Trinajstić information content (AvgIpc) is 3.05. The molecule has 1 aromatic heterocycles. The number of carbonyl (C=O) groups is 1. The molecule has 0 spiro atoms. The zero-order valence-corrected chi connectivity index (χ0v) is 9.90. The maximum Gasteiger partial charge on any atom is 0.299 e. The van der Waals surface area contributed by atoms with Crippen LogP contribution in [0.2, 0.25) is 0 Å². The monoisotopic (exact) mass is 237 g/mol. The molecule has 6 nitrogen and oxygen atoms in total. The topological polar surface area (TPSA) is 73.2 Å². The summed E-state index contributed by atoms with van der Waals surface area (Å²) < 4.78 is 6.23. The molecule has 2 rings (SSSR count). The number of nitrogens with zero attached hydrogens (tertiary/aromatic N) is 2. The minimum atomic E-state index is -0.278. The molecule has 0 saturated heterocycles. The van der Waals surface area contributed by atoms with Gasteiger partial charge in [0.2, 0.25) is 5.91 Å². The van der Waals surface area contributed by atoms with Crippen LogP contribution in [0.25, 0.3) is 0 Å². The van der Waals surface area contributed by atoms with Crippen LogP contribution >= 0.6 is 0 Å². The van der Waals surface area contributed by atoms with Crippen LogP contribution < -0.4 is 15.6 Å². The Morgan fingerprint density at radius 2 is 2.35 bits per heavy atom. The highest BCUT2D eigenvalue weighted by atomic mass is 16.5. The van der Waals surface area contributed by atoms with Crippen LogP contribution in [0.4, 0.5) is 0 Å². The Bertz CT molecular complexity index is 491. The number of nitrogens with one attached hydrogen (secondary N) is 1. The number of rotatable bonds is 4. The second-order valence-corrected chi connectivity index (χ2v) is 4.15. The highest BCUT2D eigenvalue weighted by Crippen LogP contribution is 2.18. The Kier molecular flexibility index (Phi) is 3.12. The summed E-state index contributed by atoms with van der Waals surface area (Å²) in [5.74, 6) is -0.182. The van der Waals surface area contributed by atoms with E-state index in [4.69, 9.17) is 4.74 Å². The Hall–Kier alpha value is -1.85. The largest absolute Gasteiger partial charge is 0.468 e. The van der Waals surface area contributed by atoms with Gasteiger partial charge in [-0.1, -0.05) is 0 Å². The normalized spacial score (nSPS) is 14.5. The molecule has 0 bridgehead atoms. The van der Waals surface area contributed by atoms with Crippen molar-refractivity contribution in [1.29, 1.82) is 0 Å². The quantitative estimate of drug-likeness (QED) is 0.789. The van der Waals surface area contributed by atoms with Crippen molar-refractivity contribution >= 4 is 5.91 Å². The van der Waals surface area contributed by atoms with Gasteiger partial charge >= 0.3 is 0 Å². The lowest BCUT2D eigenvalue weighted by atomic mass is 10.4. The van der Waals surface area contributed by atoms with E-state index >= 15 is 0 Å². The molecule has 1 aromatic rings. The van der Waals surface area contributed by atoms with E-state index in [0.29, 0.717) is 5.69 Å². The summed E-state index contributed by atoms with van der Waals surface area (Å²) in [5, 5.41) is 2.81. The lowest BCUT2D eigenvalue weighted by Crippen LogP contribution is -2.34. The molecule has 1 amide bonds. The van der Waals surface area contributed by atoms with E-state index in [1.807, 2.05) is 0 Å². The average molecular weight is 237 g/mol. The van der Waals surface area contributed by atoms with Gasteiger partial charge in [-0.2, -0.15) is 0 Å². The minimum absolute atomic E-state index is 0.0498. The van der Waals surface area contributed by atoms with Crippen LogP contribution in [0.15, 0.2) is 10.9 Å². The second-order valence-electron chi connectivity index (χ2n) is 4.15. The SMILES string of the molecule is COc1nc(C)cc(=O)n1CC(=O)NC1CC1.